The van der Waals surface area contributed by atoms with Crippen molar-refractivity contribution in [3.63, 3.8) is 0 Å². The summed E-state index contributed by atoms with van der Waals surface area (Å²) in [5.41, 5.74) is 0.913. The minimum absolute atomic E-state index is 0.0609. The number of carbonyl (C=O) groups excluding carboxylic acids is 3. The average Bonchev–Trinajstić information content (AvgIpc) is 3.29. The van der Waals surface area contributed by atoms with E-state index in [0.717, 1.165) is 10.4 Å². The topological polar surface area (TPSA) is 81.7 Å². The number of ether oxygens (including phenoxy) is 2. The number of nitrogens with one attached hydrogen (secondary N) is 1. The number of benzene rings is 2. The number of amides is 1. The fraction of sp³-hybridized carbons (Fsp3) is 0.269. The molecule has 0 saturated carbocycles. The summed E-state index contributed by atoms with van der Waals surface area (Å²) in [7, 11) is 0. The Morgan fingerprint density at radius 3 is 2.27 bits per heavy atom. The second kappa shape index (κ2) is 10.9. The second-order valence-corrected chi connectivity index (χ2v) is 9.66. The normalized spacial score (nSPS) is 11.0. The predicted octanol–water partition coefficient (Wildman–Crippen LogP) is 5.03. The van der Waals surface area contributed by atoms with Crippen LogP contribution < -0.4 is 10.1 Å². The molecule has 3 rings (SSSR count). The number of rotatable bonds is 9. The van der Waals surface area contributed by atoms with Crippen molar-refractivity contribution in [3.8, 4) is 5.75 Å². The fourth-order valence-electron chi connectivity index (χ4n) is 2.77. The van der Waals surface area contributed by atoms with Gasteiger partial charge in [-0.1, -0.05) is 51.1 Å². The van der Waals surface area contributed by atoms with Gasteiger partial charge in [0.2, 0.25) is 11.7 Å². The molecule has 1 heterocycles. The van der Waals surface area contributed by atoms with Gasteiger partial charge >= 0.3 is 5.97 Å². The Balaban J connectivity index is 1.46. The highest BCUT2D eigenvalue weighted by molar-refractivity contribution is 7.14. The molecule has 0 aliphatic carbocycles. The highest BCUT2D eigenvalue weighted by atomic mass is 32.1. The van der Waals surface area contributed by atoms with Crippen LogP contribution in [0.25, 0.3) is 0 Å². The van der Waals surface area contributed by atoms with E-state index in [1.165, 1.54) is 11.3 Å². The highest BCUT2D eigenvalue weighted by Crippen LogP contribution is 2.19. The van der Waals surface area contributed by atoms with Gasteiger partial charge in [-0.3, -0.25) is 9.59 Å². The summed E-state index contributed by atoms with van der Waals surface area (Å²) < 4.78 is 10.9. The Morgan fingerprint density at radius 2 is 1.61 bits per heavy atom. The van der Waals surface area contributed by atoms with E-state index in [1.54, 1.807) is 36.4 Å². The van der Waals surface area contributed by atoms with E-state index >= 15 is 0 Å². The molecule has 0 unspecified atom stereocenters. The van der Waals surface area contributed by atoms with Crippen molar-refractivity contribution in [2.24, 2.45) is 5.41 Å². The van der Waals surface area contributed by atoms with Crippen molar-refractivity contribution in [2.75, 3.05) is 6.61 Å². The van der Waals surface area contributed by atoms with Gasteiger partial charge in [-0.25, -0.2) is 4.79 Å². The molecule has 0 fully saturated rings. The minimum atomic E-state index is -0.577. The number of carbonyl (C=O) groups is 3. The lowest BCUT2D eigenvalue weighted by atomic mass is 9.96. The summed E-state index contributed by atoms with van der Waals surface area (Å²) in [6.07, 6.45) is 0. The van der Waals surface area contributed by atoms with Crippen LogP contribution in [-0.2, 0) is 22.7 Å². The van der Waals surface area contributed by atoms with Gasteiger partial charge in [-0.05, 0) is 42.0 Å². The Bertz CT molecular complexity index is 1100. The van der Waals surface area contributed by atoms with Crippen molar-refractivity contribution in [1.29, 1.82) is 0 Å². The van der Waals surface area contributed by atoms with E-state index in [2.05, 4.69) is 5.32 Å². The highest BCUT2D eigenvalue weighted by Gasteiger charge is 2.21. The molecule has 3 aromatic rings. The van der Waals surface area contributed by atoms with Crippen molar-refractivity contribution in [2.45, 2.75) is 33.9 Å². The summed E-state index contributed by atoms with van der Waals surface area (Å²) in [5, 5.41) is 2.85. The van der Waals surface area contributed by atoms with Crippen LogP contribution in [0.5, 0.6) is 5.75 Å². The standard InChI is InChI=1S/C26H27NO5S/c1-26(2,3)25(30)27-15-21-13-14-23(33-21)22(28)17-32-24(29)19-9-11-20(12-10-19)31-16-18-7-5-4-6-8-18/h4-14H,15-17H2,1-3H3,(H,27,30). The third-order valence-corrected chi connectivity index (χ3v) is 5.84. The lowest BCUT2D eigenvalue weighted by Crippen LogP contribution is -2.34. The second-order valence-electron chi connectivity index (χ2n) is 8.50. The van der Waals surface area contributed by atoms with Crippen molar-refractivity contribution < 1.29 is 23.9 Å². The minimum Gasteiger partial charge on any atom is -0.489 e. The smallest absolute Gasteiger partial charge is 0.338 e. The molecular weight excluding hydrogens is 438 g/mol. The molecule has 6 nitrogen and oxygen atoms in total. The van der Waals surface area contributed by atoms with E-state index in [9.17, 15) is 14.4 Å². The van der Waals surface area contributed by atoms with Crippen LogP contribution in [0.3, 0.4) is 0 Å². The third-order valence-electron chi connectivity index (χ3n) is 4.71. The van der Waals surface area contributed by atoms with Gasteiger partial charge in [0.25, 0.3) is 0 Å². The van der Waals surface area contributed by atoms with Crippen molar-refractivity contribution in [1.82, 2.24) is 5.32 Å². The Morgan fingerprint density at radius 1 is 0.909 bits per heavy atom. The molecule has 1 N–H and O–H groups in total. The summed E-state index contributed by atoms with van der Waals surface area (Å²) >= 11 is 1.27. The van der Waals surface area contributed by atoms with Crippen LogP contribution in [0.2, 0.25) is 0 Å². The van der Waals surface area contributed by atoms with Crippen LogP contribution in [0.15, 0.2) is 66.7 Å². The van der Waals surface area contributed by atoms with Crippen LogP contribution in [0, 0.1) is 5.41 Å². The molecule has 0 atom stereocenters. The van der Waals surface area contributed by atoms with Crippen molar-refractivity contribution >= 4 is 29.0 Å². The van der Waals surface area contributed by atoms with Gasteiger partial charge in [0, 0.05) is 10.3 Å². The number of hydrogen-bond acceptors (Lipinski definition) is 6. The molecule has 0 radical (unpaired) electrons. The van der Waals surface area contributed by atoms with E-state index in [0.29, 0.717) is 29.3 Å². The number of ketones is 1. The maximum Gasteiger partial charge on any atom is 0.338 e. The van der Waals surface area contributed by atoms with Gasteiger partial charge < -0.3 is 14.8 Å². The molecule has 1 amide bonds. The third kappa shape index (κ3) is 7.29. The molecule has 7 heteroatoms. The SMILES string of the molecule is CC(C)(C)C(=O)NCc1ccc(C(=O)COC(=O)c2ccc(OCc3ccccc3)cc2)s1. The van der Waals surface area contributed by atoms with E-state index < -0.39 is 11.4 Å². The predicted molar refractivity (Wildman–Crippen MR) is 127 cm³/mol. The monoisotopic (exact) mass is 465 g/mol. The molecule has 0 saturated heterocycles. The summed E-state index contributed by atoms with van der Waals surface area (Å²) in [5.74, 6) is -0.290. The van der Waals surface area contributed by atoms with Crippen LogP contribution in [-0.4, -0.2) is 24.3 Å². The zero-order valence-corrected chi connectivity index (χ0v) is 19.7. The number of thiophene rings is 1. The van der Waals surface area contributed by atoms with Gasteiger partial charge in [-0.2, -0.15) is 0 Å². The maximum absolute atomic E-state index is 12.4. The molecule has 2 aromatic carbocycles. The van der Waals surface area contributed by atoms with Gasteiger partial charge in [0.1, 0.15) is 12.4 Å². The number of hydrogen-bond donors (Lipinski definition) is 1. The van der Waals surface area contributed by atoms with Crippen LogP contribution in [0.1, 0.15) is 51.2 Å². The summed E-state index contributed by atoms with van der Waals surface area (Å²) in [4.78, 5) is 38.0. The summed E-state index contributed by atoms with van der Waals surface area (Å²) in [6, 6.07) is 19.8. The van der Waals surface area contributed by atoms with Crippen molar-refractivity contribution in [3.05, 3.63) is 87.6 Å². The largest absolute Gasteiger partial charge is 0.489 e. The lowest BCUT2D eigenvalue weighted by molar-refractivity contribution is -0.128. The lowest BCUT2D eigenvalue weighted by Gasteiger charge is -2.17. The molecule has 1 aromatic heterocycles. The van der Waals surface area contributed by atoms with Crippen LogP contribution in [0.4, 0.5) is 0 Å². The zero-order valence-electron chi connectivity index (χ0n) is 18.9. The zero-order chi connectivity index (χ0) is 23.8. The molecule has 0 spiro atoms. The van der Waals surface area contributed by atoms with Gasteiger partial charge in [0.15, 0.2) is 6.61 Å². The first-order valence-corrected chi connectivity index (χ1v) is 11.4. The van der Waals surface area contributed by atoms with Crippen LogP contribution >= 0.6 is 11.3 Å². The van der Waals surface area contributed by atoms with Gasteiger partial charge in [0.05, 0.1) is 17.0 Å². The first-order chi connectivity index (χ1) is 15.7. The first kappa shape index (κ1) is 24.2. The fourth-order valence-corrected chi connectivity index (χ4v) is 3.64. The molecule has 0 bridgehead atoms. The Kier molecular flexibility index (Phi) is 8.01. The quantitative estimate of drug-likeness (QED) is 0.354. The molecular formula is C26H27NO5S. The van der Waals surface area contributed by atoms with E-state index in [4.69, 9.17) is 9.47 Å². The Hall–Kier alpha value is -3.45. The summed E-state index contributed by atoms with van der Waals surface area (Å²) in [6.45, 7) is 5.95. The molecule has 33 heavy (non-hydrogen) atoms. The maximum atomic E-state index is 12.4. The first-order valence-electron chi connectivity index (χ1n) is 10.6. The average molecular weight is 466 g/mol. The molecule has 0 aliphatic rings. The Labute approximate surface area is 197 Å². The van der Waals surface area contributed by atoms with E-state index in [1.807, 2.05) is 51.1 Å². The number of Topliss-reactive ketones (excluding diaryl/α,β-unsaturated/α-hetero) is 1. The molecule has 0 aliphatic heterocycles. The number of esters is 1. The van der Waals surface area contributed by atoms with Gasteiger partial charge in [-0.15, -0.1) is 11.3 Å². The van der Waals surface area contributed by atoms with E-state index in [-0.39, 0.29) is 18.3 Å². The molecule has 172 valence electrons.